The molecule has 0 aliphatic rings. The molecule has 0 saturated heterocycles. The summed E-state index contributed by atoms with van der Waals surface area (Å²) in [7, 11) is 0. The first-order valence-electron chi connectivity index (χ1n) is 7.01. The highest BCUT2D eigenvalue weighted by molar-refractivity contribution is 14.1. The first-order valence-corrected chi connectivity index (χ1v) is 8.09. The quantitative estimate of drug-likeness (QED) is 0.336. The van der Waals surface area contributed by atoms with Gasteiger partial charge in [-0.15, -0.1) is 0 Å². The fraction of sp³-hybridized carbons (Fsp3) is 0.118. The average molecular weight is 422 g/mol. The first kappa shape index (κ1) is 17.1. The molecule has 0 bridgehead atoms. The molecule has 5 nitrogen and oxygen atoms in total. The topological polar surface area (TPSA) is 72.2 Å². The Balaban J connectivity index is 2.10. The monoisotopic (exact) mass is 422 g/mol. The van der Waals surface area contributed by atoms with Crippen LogP contribution in [0.15, 0.2) is 48.5 Å². The van der Waals surface area contributed by atoms with E-state index in [4.69, 9.17) is 0 Å². The van der Waals surface area contributed by atoms with Gasteiger partial charge in [-0.25, -0.2) is 0 Å². The first-order chi connectivity index (χ1) is 11.0. The summed E-state index contributed by atoms with van der Waals surface area (Å²) >= 11 is 2.23. The number of aryl methyl sites for hydroxylation is 1. The lowest BCUT2D eigenvalue weighted by molar-refractivity contribution is -0.384. The van der Waals surface area contributed by atoms with E-state index < -0.39 is 4.92 Å². The van der Waals surface area contributed by atoms with Crippen molar-refractivity contribution in [3.05, 3.63) is 73.4 Å². The van der Waals surface area contributed by atoms with Gasteiger partial charge in [-0.2, -0.15) is 0 Å². The molecule has 0 saturated carbocycles. The van der Waals surface area contributed by atoms with Crippen molar-refractivity contribution in [2.75, 3.05) is 5.32 Å². The molecule has 0 aliphatic heterocycles. The molecule has 23 heavy (non-hydrogen) atoms. The molecular formula is C17H15IN2O3. The van der Waals surface area contributed by atoms with Crippen LogP contribution in [0, 0.1) is 13.7 Å². The number of hydrogen-bond donors (Lipinski definition) is 1. The summed E-state index contributed by atoms with van der Waals surface area (Å²) in [6.45, 7) is 2.03. The summed E-state index contributed by atoms with van der Waals surface area (Å²) in [6, 6.07) is 12.0. The van der Waals surface area contributed by atoms with Crippen molar-refractivity contribution >= 4 is 45.9 Å². The van der Waals surface area contributed by atoms with Gasteiger partial charge < -0.3 is 5.32 Å². The van der Waals surface area contributed by atoms with Gasteiger partial charge in [0, 0.05) is 27.5 Å². The zero-order valence-corrected chi connectivity index (χ0v) is 14.6. The summed E-state index contributed by atoms with van der Waals surface area (Å²) < 4.78 is 1.12. The van der Waals surface area contributed by atoms with E-state index in [1.807, 2.05) is 25.1 Å². The summed E-state index contributed by atoms with van der Waals surface area (Å²) in [5.41, 5.74) is 2.45. The van der Waals surface area contributed by atoms with Crippen molar-refractivity contribution in [3.63, 3.8) is 0 Å². The van der Waals surface area contributed by atoms with Gasteiger partial charge in [-0.3, -0.25) is 14.9 Å². The Morgan fingerprint density at radius 1 is 1.30 bits per heavy atom. The number of nitro benzene ring substituents is 1. The molecule has 2 rings (SSSR count). The number of halogens is 1. The minimum absolute atomic E-state index is 0.00142. The number of benzene rings is 2. The number of nitrogens with one attached hydrogen (secondary N) is 1. The average Bonchev–Trinajstić information content (AvgIpc) is 2.54. The second-order valence-electron chi connectivity index (χ2n) is 4.83. The van der Waals surface area contributed by atoms with Gasteiger partial charge in [-0.1, -0.05) is 19.1 Å². The molecule has 0 aromatic heterocycles. The van der Waals surface area contributed by atoms with Gasteiger partial charge in [-0.05, 0) is 64.4 Å². The van der Waals surface area contributed by atoms with Gasteiger partial charge >= 0.3 is 0 Å². The Morgan fingerprint density at radius 3 is 2.78 bits per heavy atom. The summed E-state index contributed by atoms with van der Waals surface area (Å²) in [5.74, 6) is -0.271. The maximum atomic E-state index is 12.0. The van der Waals surface area contributed by atoms with Gasteiger partial charge in [0.2, 0.25) is 5.91 Å². The van der Waals surface area contributed by atoms with Gasteiger partial charge in [0.15, 0.2) is 0 Å². The van der Waals surface area contributed by atoms with Crippen molar-refractivity contribution < 1.29 is 9.72 Å². The maximum Gasteiger partial charge on any atom is 0.270 e. The van der Waals surface area contributed by atoms with E-state index in [1.54, 1.807) is 18.2 Å². The number of anilines is 1. The molecule has 6 heteroatoms. The van der Waals surface area contributed by atoms with Crippen molar-refractivity contribution in [1.29, 1.82) is 0 Å². The lowest BCUT2D eigenvalue weighted by atomic mass is 10.1. The molecule has 118 valence electrons. The SMILES string of the molecule is CCc1cc(I)ccc1NC(=O)C=Cc1cccc([N+](=O)[O-])c1. The van der Waals surface area contributed by atoms with Crippen molar-refractivity contribution in [3.8, 4) is 0 Å². The summed E-state index contributed by atoms with van der Waals surface area (Å²) in [6.07, 6.45) is 3.75. The van der Waals surface area contributed by atoms with E-state index in [0.29, 0.717) is 5.56 Å². The predicted molar refractivity (Wildman–Crippen MR) is 99.3 cm³/mol. The van der Waals surface area contributed by atoms with Crippen LogP contribution in [0.3, 0.4) is 0 Å². The van der Waals surface area contributed by atoms with Crippen LogP contribution in [0.25, 0.3) is 6.08 Å². The molecular weight excluding hydrogens is 407 g/mol. The Morgan fingerprint density at radius 2 is 2.09 bits per heavy atom. The fourth-order valence-corrected chi connectivity index (χ4v) is 2.62. The second kappa shape index (κ2) is 7.87. The van der Waals surface area contributed by atoms with E-state index in [1.165, 1.54) is 18.2 Å². The molecule has 2 aromatic rings. The highest BCUT2D eigenvalue weighted by Gasteiger charge is 2.06. The van der Waals surface area contributed by atoms with E-state index in [-0.39, 0.29) is 11.6 Å². The standard InChI is InChI=1S/C17H15IN2O3/c1-2-13-11-14(18)7-8-16(13)19-17(21)9-6-12-4-3-5-15(10-12)20(22)23/h3-11H,2H2,1H3,(H,19,21). The van der Waals surface area contributed by atoms with Gasteiger partial charge in [0.1, 0.15) is 0 Å². The number of hydrogen-bond acceptors (Lipinski definition) is 3. The third kappa shape index (κ3) is 4.88. The molecule has 0 atom stereocenters. The lowest BCUT2D eigenvalue weighted by Crippen LogP contribution is -2.09. The summed E-state index contributed by atoms with van der Waals surface area (Å²) in [4.78, 5) is 22.3. The van der Waals surface area contributed by atoms with Gasteiger partial charge in [0.25, 0.3) is 5.69 Å². The zero-order valence-electron chi connectivity index (χ0n) is 12.5. The molecule has 0 spiro atoms. The second-order valence-corrected chi connectivity index (χ2v) is 6.08. The molecule has 0 radical (unpaired) electrons. The van der Waals surface area contributed by atoms with Crippen LogP contribution in [0.5, 0.6) is 0 Å². The summed E-state index contributed by atoms with van der Waals surface area (Å²) in [5, 5.41) is 13.6. The number of carbonyl (C=O) groups excluding carboxylic acids is 1. The maximum absolute atomic E-state index is 12.0. The zero-order chi connectivity index (χ0) is 16.8. The van der Waals surface area contributed by atoms with Crippen LogP contribution in [-0.2, 0) is 11.2 Å². The molecule has 0 unspecified atom stereocenters. The minimum Gasteiger partial charge on any atom is -0.322 e. The lowest BCUT2D eigenvalue weighted by Gasteiger charge is -2.08. The normalized spacial score (nSPS) is 10.7. The molecule has 0 fully saturated rings. The molecule has 2 aromatic carbocycles. The minimum atomic E-state index is -0.462. The van der Waals surface area contributed by atoms with Crippen LogP contribution in [0.1, 0.15) is 18.1 Å². The number of non-ortho nitro benzene ring substituents is 1. The molecule has 0 heterocycles. The van der Waals surface area contributed by atoms with Crippen molar-refractivity contribution in [2.24, 2.45) is 0 Å². The molecule has 0 aliphatic carbocycles. The Labute approximate surface area is 147 Å². The Bertz CT molecular complexity index is 772. The van der Waals surface area contributed by atoms with Crippen LogP contribution >= 0.6 is 22.6 Å². The smallest absolute Gasteiger partial charge is 0.270 e. The highest BCUT2D eigenvalue weighted by atomic mass is 127. The number of nitro groups is 1. The predicted octanol–water partition coefficient (Wildman–Crippen LogP) is 4.41. The Hall–Kier alpha value is -2.22. The van der Waals surface area contributed by atoms with Crippen LogP contribution in [-0.4, -0.2) is 10.8 Å². The third-order valence-corrected chi connectivity index (χ3v) is 3.89. The fourth-order valence-electron chi connectivity index (χ4n) is 2.07. The largest absolute Gasteiger partial charge is 0.322 e. The van der Waals surface area contributed by atoms with E-state index in [2.05, 4.69) is 27.9 Å². The third-order valence-electron chi connectivity index (χ3n) is 3.21. The van der Waals surface area contributed by atoms with Crippen molar-refractivity contribution in [1.82, 2.24) is 0 Å². The number of carbonyl (C=O) groups is 1. The number of amides is 1. The van der Waals surface area contributed by atoms with E-state index in [9.17, 15) is 14.9 Å². The number of rotatable bonds is 5. The van der Waals surface area contributed by atoms with Crippen LogP contribution in [0.2, 0.25) is 0 Å². The van der Waals surface area contributed by atoms with Crippen molar-refractivity contribution in [2.45, 2.75) is 13.3 Å². The van der Waals surface area contributed by atoms with Crippen LogP contribution in [0.4, 0.5) is 11.4 Å². The number of nitrogens with zero attached hydrogens (tertiary/aromatic N) is 1. The van der Waals surface area contributed by atoms with E-state index >= 15 is 0 Å². The highest BCUT2D eigenvalue weighted by Crippen LogP contribution is 2.20. The van der Waals surface area contributed by atoms with Crippen LogP contribution < -0.4 is 5.32 Å². The molecule has 1 N–H and O–H groups in total. The van der Waals surface area contributed by atoms with Gasteiger partial charge in [0.05, 0.1) is 4.92 Å². The molecule has 1 amide bonds. The van der Waals surface area contributed by atoms with E-state index in [0.717, 1.165) is 21.2 Å². The Kier molecular flexibility index (Phi) is 5.86.